The molecule has 0 radical (unpaired) electrons. The topological polar surface area (TPSA) is 60.0 Å². The van der Waals surface area contributed by atoms with Crippen molar-refractivity contribution in [3.05, 3.63) is 52.2 Å². The van der Waals surface area contributed by atoms with Gasteiger partial charge in [0, 0.05) is 10.7 Å². The van der Waals surface area contributed by atoms with Crippen LogP contribution in [0.1, 0.15) is 0 Å². The summed E-state index contributed by atoms with van der Waals surface area (Å²) in [4.78, 5) is 15.9. The maximum atomic E-state index is 6.93. The molecule has 0 saturated heterocycles. The average Bonchev–Trinajstić information content (AvgIpc) is 2.86. The Labute approximate surface area is 130 Å². The molecule has 21 heavy (non-hydrogen) atoms. The number of imidazole rings is 1. The fraction of sp³-hybridized carbons (Fsp3) is 0.0769. The first kappa shape index (κ1) is 13.6. The van der Waals surface area contributed by atoms with Crippen LogP contribution in [0.4, 0.5) is 11.6 Å². The third kappa shape index (κ3) is 2.75. The van der Waals surface area contributed by atoms with Gasteiger partial charge in [-0.15, -0.1) is 0 Å². The molecule has 2 heterocycles. The van der Waals surface area contributed by atoms with Gasteiger partial charge >= 0.3 is 0 Å². The van der Waals surface area contributed by atoms with Crippen LogP contribution in [-0.2, 0) is 6.67 Å². The molecule has 8 heteroatoms. The third-order valence-electron chi connectivity index (χ3n) is 2.74. The highest BCUT2D eigenvalue weighted by molar-refractivity contribution is 6.33. The van der Waals surface area contributed by atoms with E-state index in [0.29, 0.717) is 22.1 Å². The van der Waals surface area contributed by atoms with E-state index >= 15 is 0 Å². The quantitative estimate of drug-likeness (QED) is 0.590. The molecule has 0 bridgehead atoms. The summed E-state index contributed by atoms with van der Waals surface area (Å²) in [5, 5.41) is 3.92. The number of fused-ring (bicyclic) bond motifs is 1. The lowest BCUT2D eigenvalue weighted by molar-refractivity contribution is 0.833. The summed E-state index contributed by atoms with van der Waals surface area (Å²) >= 11 is 11.9. The molecule has 0 amide bonds. The second-order valence-corrected chi connectivity index (χ2v) is 4.95. The molecule has 1 aromatic carbocycles. The van der Waals surface area contributed by atoms with E-state index in [1.54, 1.807) is 28.8 Å². The number of rotatable bonds is 3. The monoisotopic (exact) mass is 318 g/mol. The van der Waals surface area contributed by atoms with Gasteiger partial charge in [0.05, 0.1) is 0 Å². The number of nitrogens with zero attached hydrogens (tertiary/aromatic N) is 5. The number of nitrogens with one attached hydrogen (secondary N) is 1. The molecule has 3 rings (SSSR count). The number of hydrogen-bond acceptors (Lipinski definition) is 4. The van der Waals surface area contributed by atoms with E-state index in [-0.39, 0.29) is 11.8 Å². The molecule has 6 nitrogen and oxygen atoms in total. The van der Waals surface area contributed by atoms with E-state index in [1.807, 2.05) is 0 Å². The Morgan fingerprint density at radius 1 is 1.19 bits per heavy atom. The van der Waals surface area contributed by atoms with E-state index in [0.717, 1.165) is 5.69 Å². The number of aromatic nitrogens is 4. The Morgan fingerprint density at radius 3 is 2.67 bits per heavy atom. The molecule has 0 fully saturated rings. The molecule has 2 aromatic heterocycles. The van der Waals surface area contributed by atoms with Crippen LogP contribution in [0.3, 0.4) is 0 Å². The first-order valence-electron chi connectivity index (χ1n) is 5.91. The van der Waals surface area contributed by atoms with E-state index in [1.165, 1.54) is 6.33 Å². The standard InChI is InChI=1S/C13H8Cl2N6/c1-16-6-21-7-17-10-11(15)19-13(20-12(10)21)18-9-4-2-8(14)3-5-9/h2-5,7H,6H2,(H,18,19,20). The summed E-state index contributed by atoms with van der Waals surface area (Å²) in [6.07, 6.45) is 1.52. The predicted octanol–water partition coefficient (Wildman–Crippen LogP) is 3.75. The van der Waals surface area contributed by atoms with Crippen molar-refractivity contribution in [1.82, 2.24) is 19.5 Å². The largest absolute Gasteiger partial charge is 0.324 e. The normalized spacial score (nSPS) is 10.5. The van der Waals surface area contributed by atoms with Crippen molar-refractivity contribution < 1.29 is 0 Å². The molecule has 0 aliphatic heterocycles. The van der Waals surface area contributed by atoms with E-state index in [9.17, 15) is 0 Å². The highest BCUT2D eigenvalue weighted by atomic mass is 35.5. The predicted molar refractivity (Wildman–Crippen MR) is 81.7 cm³/mol. The minimum Gasteiger partial charge on any atom is -0.324 e. The first-order chi connectivity index (χ1) is 10.2. The van der Waals surface area contributed by atoms with Gasteiger partial charge in [-0.1, -0.05) is 23.2 Å². The van der Waals surface area contributed by atoms with Crippen LogP contribution >= 0.6 is 23.2 Å². The maximum Gasteiger partial charge on any atom is 0.295 e. The van der Waals surface area contributed by atoms with Gasteiger partial charge in [-0.25, -0.2) is 16.1 Å². The average molecular weight is 319 g/mol. The lowest BCUT2D eigenvalue weighted by Gasteiger charge is -2.05. The number of benzene rings is 1. The van der Waals surface area contributed by atoms with Crippen molar-refractivity contribution in [3.63, 3.8) is 0 Å². The number of hydrogen-bond donors (Lipinski definition) is 1. The summed E-state index contributed by atoms with van der Waals surface area (Å²) in [5.41, 5.74) is 1.77. The Balaban J connectivity index is 2.01. The Morgan fingerprint density at radius 2 is 1.95 bits per heavy atom. The second kappa shape index (κ2) is 5.56. The minimum absolute atomic E-state index is 0.129. The highest BCUT2D eigenvalue weighted by Crippen LogP contribution is 2.23. The van der Waals surface area contributed by atoms with E-state index in [2.05, 4.69) is 25.1 Å². The van der Waals surface area contributed by atoms with Crippen molar-refractivity contribution >= 4 is 46.0 Å². The zero-order valence-corrected chi connectivity index (χ0v) is 12.1. The molecule has 3 aromatic rings. The summed E-state index contributed by atoms with van der Waals surface area (Å²) in [6.45, 7) is 7.06. The third-order valence-corrected chi connectivity index (χ3v) is 3.26. The van der Waals surface area contributed by atoms with Crippen molar-refractivity contribution in [2.24, 2.45) is 0 Å². The Hall–Kier alpha value is -2.36. The molecular formula is C13H8Cl2N6. The molecule has 0 aliphatic carbocycles. The van der Waals surface area contributed by atoms with Crippen LogP contribution in [0.5, 0.6) is 0 Å². The van der Waals surface area contributed by atoms with Gasteiger partial charge in [0.2, 0.25) is 5.95 Å². The van der Waals surface area contributed by atoms with Crippen LogP contribution in [0.25, 0.3) is 16.0 Å². The van der Waals surface area contributed by atoms with Crippen molar-refractivity contribution in [2.75, 3.05) is 5.32 Å². The van der Waals surface area contributed by atoms with Gasteiger partial charge in [0.15, 0.2) is 10.8 Å². The van der Waals surface area contributed by atoms with Gasteiger partial charge in [-0.2, -0.15) is 9.97 Å². The number of anilines is 2. The summed E-state index contributed by atoms with van der Waals surface area (Å²) in [5.74, 6) is 0.335. The van der Waals surface area contributed by atoms with Crippen LogP contribution in [0.2, 0.25) is 10.2 Å². The highest BCUT2D eigenvalue weighted by Gasteiger charge is 2.12. The molecule has 0 unspecified atom stereocenters. The maximum absolute atomic E-state index is 6.93. The minimum atomic E-state index is 0.129. The lowest BCUT2D eigenvalue weighted by Crippen LogP contribution is -2.00. The van der Waals surface area contributed by atoms with Gasteiger partial charge in [0.1, 0.15) is 11.8 Å². The van der Waals surface area contributed by atoms with Crippen molar-refractivity contribution in [1.29, 1.82) is 0 Å². The van der Waals surface area contributed by atoms with Gasteiger partial charge < -0.3 is 5.32 Å². The number of halogens is 2. The molecule has 0 saturated carbocycles. The fourth-order valence-electron chi connectivity index (χ4n) is 1.81. The summed E-state index contributed by atoms with van der Waals surface area (Å²) in [6, 6.07) is 7.13. The Bertz CT molecular complexity index is 834. The SMILES string of the molecule is [C-]#[N+]Cn1cnc2c(Cl)nc(Nc3ccc(Cl)cc3)nc21. The molecule has 104 valence electrons. The van der Waals surface area contributed by atoms with Crippen LogP contribution in [-0.4, -0.2) is 19.5 Å². The van der Waals surface area contributed by atoms with E-state index in [4.69, 9.17) is 29.8 Å². The molecule has 1 N–H and O–H groups in total. The first-order valence-corrected chi connectivity index (χ1v) is 6.67. The van der Waals surface area contributed by atoms with Gasteiger partial charge in [-0.05, 0) is 24.3 Å². The van der Waals surface area contributed by atoms with Gasteiger partial charge in [0.25, 0.3) is 6.67 Å². The summed E-state index contributed by atoms with van der Waals surface area (Å²) < 4.78 is 1.61. The lowest BCUT2D eigenvalue weighted by atomic mass is 10.3. The van der Waals surface area contributed by atoms with E-state index < -0.39 is 0 Å². The van der Waals surface area contributed by atoms with Crippen LogP contribution in [0.15, 0.2) is 30.6 Å². The molecule has 0 spiro atoms. The molecule has 0 atom stereocenters. The molecular weight excluding hydrogens is 311 g/mol. The Kier molecular flexibility index (Phi) is 3.60. The van der Waals surface area contributed by atoms with Crippen LogP contribution < -0.4 is 5.32 Å². The van der Waals surface area contributed by atoms with Gasteiger partial charge in [-0.3, -0.25) is 4.85 Å². The van der Waals surface area contributed by atoms with Crippen molar-refractivity contribution in [3.8, 4) is 0 Å². The smallest absolute Gasteiger partial charge is 0.295 e. The summed E-state index contributed by atoms with van der Waals surface area (Å²) in [7, 11) is 0. The fourth-order valence-corrected chi connectivity index (χ4v) is 2.15. The second-order valence-electron chi connectivity index (χ2n) is 4.16. The zero-order valence-electron chi connectivity index (χ0n) is 10.6. The molecule has 0 aliphatic rings. The van der Waals surface area contributed by atoms with Crippen LogP contribution in [0, 0.1) is 6.57 Å². The van der Waals surface area contributed by atoms with Crippen molar-refractivity contribution in [2.45, 2.75) is 6.67 Å². The zero-order chi connectivity index (χ0) is 14.8.